The molecule has 0 fully saturated rings. The highest BCUT2D eigenvalue weighted by atomic mass is 79.9. The zero-order valence-corrected chi connectivity index (χ0v) is 14.4. The van der Waals surface area contributed by atoms with Gasteiger partial charge in [0.25, 0.3) is 0 Å². The molecule has 21 heavy (non-hydrogen) atoms. The lowest BCUT2D eigenvalue weighted by Gasteiger charge is -2.35. The van der Waals surface area contributed by atoms with Gasteiger partial charge in [0.05, 0.1) is 18.3 Å². The number of hydrogen-bond acceptors (Lipinski definition) is 4. The van der Waals surface area contributed by atoms with E-state index in [-0.39, 0.29) is 12.1 Å². The lowest BCUT2D eigenvalue weighted by atomic mass is 10.1. The number of nitrogens with zero attached hydrogens (tertiary/aromatic N) is 1. The van der Waals surface area contributed by atoms with E-state index >= 15 is 0 Å². The molecule has 1 aromatic heterocycles. The maximum absolute atomic E-state index is 6.33. The van der Waals surface area contributed by atoms with Gasteiger partial charge in [-0.05, 0) is 47.5 Å². The second-order valence-electron chi connectivity index (χ2n) is 5.33. The first-order chi connectivity index (χ1) is 10.2. The van der Waals surface area contributed by atoms with Gasteiger partial charge in [0.2, 0.25) is 0 Å². The van der Waals surface area contributed by atoms with Gasteiger partial charge in [-0.2, -0.15) is 0 Å². The highest BCUT2D eigenvalue weighted by Crippen LogP contribution is 2.39. The number of para-hydroxylation sites is 2. The van der Waals surface area contributed by atoms with Gasteiger partial charge in [0, 0.05) is 27.3 Å². The summed E-state index contributed by atoms with van der Waals surface area (Å²) in [7, 11) is 0. The Kier molecular flexibility index (Phi) is 4.52. The molecule has 2 aromatic rings. The molecule has 2 atom stereocenters. The molecule has 0 saturated carbocycles. The largest absolute Gasteiger partial charge is 0.491 e. The lowest BCUT2D eigenvalue weighted by Crippen LogP contribution is -2.39. The average molecular weight is 367 g/mol. The van der Waals surface area contributed by atoms with E-state index < -0.39 is 0 Å². The first-order valence-electron chi connectivity index (χ1n) is 7.15. The van der Waals surface area contributed by atoms with Gasteiger partial charge in [0.1, 0.15) is 5.75 Å². The van der Waals surface area contributed by atoms with Gasteiger partial charge in [-0.3, -0.25) is 0 Å². The van der Waals surface area contributed by atoms with E-state index in [0.29, 0.717) is 0 Å². The number of rotatable bonds is 3. The zero-order valence-electron chi connectivity index (χ0n) is 12.0. The van der Waals surface area contributed by atoms with Crippen LogP contribution in [-0.2, 0) is 0 Å². The fraction of sp³-hybridized carbons (Fsp3) is 0.375. The molecule has 3 nitrogen and oxygen atoms in total. The molecule has 0 bridgehead atoms. The minimum atomic E-state index is 0.0432. The maximum atomic E-state index is 6.33. The van der Waals surface area contributed by atoms with Crippen LogP contribution in [0, 0.1) is 0 Å². The average Bonchev–Trinajstić information content (AvgIpc) is 2.77. The molecule has 0 radical (unpaired) electrons. The van der Waals surface area contributed by atoms with Gasteiger partial charge >= 0.3 is 0 Å². The van der Waals surface area contributed by atoms with E-state index in [4.69, 9.17) is 10.5 Å². The number of ether oxygens (including phenoxy) is 1. The summed E-state index contributed by atoms with van der Waals surface area (Å²) in [6, 6.07) is 10.6. The summed E-state index contributed by atoms with van der Waals surface area (Å²) < 4.78 is 6.98. The van der Waals surface area contributed by atoms with E-state index in [0.717, 1.165) is 35.5 Å². The third-order valence-electron chi connectivity index (χ3n) is 3.69. The minimum Gasteiger partial charge on any atom is -0.491 e. The number of benzene rings is 1. The summed E-state index contributed by atoms with van der Waals surface area (Å²) in [5.74, 6) is 0.955. The van der Waals surface area contributed by atoms with Gasteiger partial charge in [-0.25, -0.2) is 0 Å². The molecule has 2 N–H and O–H groups in total. The molecule has 1 aliphatic rings. The Balaban J connectivity index is 2.03. The number of halogens is 1. The Morgan fingerprint density at radius 3 is 2.90 bits per heavy atom. The monoisotopic (exact) mass is 366 g/mol. The van der Waals surface area contributed by atoms with Crippen LogP contribution in [0.4, 0.5) is 5.69 Å². The molecule has 2 unspecified atom stereocenters. The Labute approximate surface area is 137 Å². The molecule has 3 rings (SSSR count). The predicted molar refractivity (Wildman–Crippen MR) is 92.3 cm³/mol. The van der Waals surface area contributed by atoms with Crippen molar-refractivity contribution in [3.63, 3.8) is 0 Å². The summed E-state index contributed by atoms with van der Waals surface area (Å²) >= 11 is 5.30. The highest BCUT2D eigenvalue weighted by Gasteiger charge is 2.28. The van der Waals surface area contributed by atoms with Crippen molar-refractivity contribution in [3.05, 3.63) is 45.1 Å². The molecule has 112 valence electrons. The minimum absolute atomic E-state index is 0.0432. The summed E-state index contributed by atoms with van der Waals surface area (Å²) in [6.07, 6.45) is 1.00. The Morgan fingerprint density at radius 2 is 2.19 bits per heavy atom. The Bertz CT molecular complexity index is 614. The third-order valence-corrected chi connectivity index (χ3v) is 5.45. The summed E-state index contributed by atoms with van der Waals surface area (Å²) in [4.78, 5) is 3.68. The highest BCUT2D eigenvalue weighted by molar-refractivity contribution is 9.10. The third kappa shape index (κ3) is 3.10. The molecule has 0 saturated heterocycles. The van der Waals surface area contributed by atoms with E-state index in [9.17, 15) is 0 Å². The molecule has 0 amide bonds. The van der Waals surface area contributed by atoms with E-state index in [1.165, 1.54) is 4.88 Å². The summed E-state index contributed by atoms with van der Waals surface area (Å²) in [6.45, 7) is 3.79. The van der Waals surface area contributed by atoms with Crippen LogP contribution in [0.15, 0.2) is 40.2 Å². The van der Waals surface area contributed by atoms with E-state index in [2.05, 4.69) is 51.3 Å². The van der Waals surface area contributed by atoms with Crippen molar-refractivity contribution in [1.29, 1.82) is 0 Å². The molecule has 1 aromatic carbocycles. The summed E-state index contributed by atoms with van der Waals surface area (Å²) in [5, 5.41) is 2.12. The van der Waals surface area contributed by atoms with Crippen molar-refractivity contribution in [1.82, 2.24) is 0 Å². The van der Waals surface area contributed by atoms with Crippen molar-refractivity contribution in [2.75, 3.05) is 18.1 Å². The predicted octanol–water partition coefficient (Wildman–Crippen LogP) is 4.19. The molecule has 0 spiro atoms. The van der Waals surface area contributed by atoms with Crippen molar-refractivity contribution in [2.24, 2.45) is 5.73 Å². The molecular weight excluding hydrogens is 348 g/mol. The van der Waals surface area contributed by atoms with Gasteiger partial charge in [-0.15, -0.1) is 11.3 Å². The SMILES string of the molecule is CC(N)C(c1cc(Br)cs1)N1CCCOc2ccccc21. The van der Waals surface area contributed by atoms with Crippen molar-refractivity contribution in [2.45, 2.75) is 25.4 Å². The second-order valence-corrected chi connectivity index (χ2v) is 7.19. The fourth-order valence-corrected chi connectivity index (χ4v) is 4.49. The molecule has 5 heteroatoms. The first-order valence-corrected chi connectivity index (χ1v) is 8.82. The molecule has 0 aliphatic carbocycles. The van der Waals surface area contributed by atoms with Crippen molar-refractivity contribution >= 4 is 33.0 Å². The molecular formula is C16H19BrN2OS. The van der Waals surface area contributed by atoms with Crippen molar-refractivity contribution < 1.29 is 4.74 Å². The standard InChI is InChI=1S/C16H19BrN2OS/c1-11(18)16(15-9-12(17)10-21-15)19-7-4-8-20-14-6-3-2-5-13(14)19/h2-3,5-6,9-11,16H,4,7-8,18H2,1H3. The number of hydrogen-bond donors (Lipinski definition) is 1. The van der Waals surface area contributed by atoms with Crippen LogP contribution in [0.1, 0.15) is 24.3 Å². The van der Waals surface area contributed by atoms with Gasteiger partial charge in [0.15, 0.2) is 0 Å². The normalized spacial score (nSPS) is 17.6. The van der Waals surface area contributed by atoms with Crippen LogP contribution < -0.4 is 15.4 Å². The van der Waals surface area contributed by atoms with Crippen LogP contribution in [0.3, 0.4) is 0 Å². The second kappa shape index (κ2) is 6.38. The van der Waals surface area contributed by atoms with E-state index in [1.807, 2.05) is 12.1 Å². The number of nitrogens with two attached hydrogens (primary N) is 1. The Hall–Kier alpha value is -1.04. The van der Waals surface area contributed by atoms with Crippen LogP contribution in [-0.4, -0.2) is 19.2 Å². The lowest BCUT2D eigenvalue weighted by molar-refractivity contribution is 0.322. The van der Waals surface area contributed by atoms with Crippen molar-refractivity contribution in [3.8, 4) is 5.75 Å². The number of anilines is 1. The zero-order chi connectivity index (χ0) is 14.8. The number of fused-ring (bicyclic) bond motifs is 1. The quantitative estimate of drug-likeness (QED) is 0.884. The smallest absolute Gasteiger partial charge is 0.142 e. The first kappa shape index (κ1) is 14.9. The summed E-state index contributed by atoms with van der Waals surface area (Å²) in [5.41, 5.74) is 7.47. The topological polar surface area (TPSA) is 38.5 Å². The maximum Gasteiger partial charge on any atom is 0.142 e. The fourth-order valence-electron chi connectivity index (χ4n) is 2.82. The van der Waals surface area contributed by atoms with Gasteiger partial charge in [-0.1, -0.05) is 12.1 Å². The van der Waals surface area contributed by atoms with Crippen LogP contribution >= 0.6 is 27.3 Å². The Morgan fingerprint density at radius 1 is 1.38 bits per heavy atom. The molecule has 1 aliphatic heterocycles. The molecule has 2 heterocycles. The van der Waals surface area contributed by atoms with Crippen LogP contribution in [0.5, 0.6) is 5.75 Å². The van der Waals surface area contributed by atoms with E-state index in [1.54, 1.807) is 11.3 Å². The van der Waals surface area contributed by atoms with Crippen LogP contribution in [0.2, 0.25) is 0 Å². The van der Waals surface area contributed by atoms with Gasteiger partial charge < -0.3 is 15.4 Å². The number of thiophene rings is 1. The van der Waals surface area contributed by atoms with Crippen LogP contribution in [0.25, 0.3) is 0 Å².